The zero-order valence-electron chi connectivity index (χ0n) is 52.1. The first-order valence-electron chi connectivity index (χ1n) is 32.8. The highest BCUT2D eigenvalue weighted by molar-refractivity contribution is 6.24. The van der Waals surface area contributed by atoms with E-state index in [0.29, 0.717) is 5.56 Å². The zero-order valence-corrected chi connectivity index (χ0v) is 52.1. The van der Waals surface area contributed by atoms with Crippen molar-refractivity contribution in [2.75, 3.05) is 0 Å². The Balaban J connectivity index is 1.06. The number of para-hydroxylation sites is 2. The number of hydrogen-bond acceptors (Lipinski definition) is 1. The summed E-state index contributed by atoms with van der Waals surface area (Å²) in [5, 5.41) is 21.9. The largest absolute Gasteiger partial charge is 0.307 e. The standard InChI is InChI=1S/C91H57N5/c92-58-79-88(94-81-46-40-65(59-24-8-1-9-25-59)52-73(81)74-53-66(41-47-82(74)94)60-26-10-2-11-27-60)90-87(72-38-22-23-39-80(72)93(90)71-36-20-7-21-37-71)91(96-85-50-44-69(63-32-16-5-17-33-63)56-77(85)78-57-70(45-51-86(78)96)64-34-18-6-19-35-64)89(79)95-83-48-42-67(61-28-12-3-13-29-61)54-75(83)76-55-68(43-49-84(76)95)62-30-14-4-15-31-62/h1-57H. The Morgan fingerprint density at radius 1 is 0.198 bits per heavy atom. The summed E-state index contributed by atoms with van der Waals surface area (Å²) in [6.07, 6.45) is 0. The van der Waals surface area contributed by atoms with Gasteiger partial charge in [-0.25, -0.2) is 0 Å². The third-order valence-electron chi connectivity index (χ3n) is 19.8. The number of aromatic nitrogens is 4. The van der Waals surface area contributed by atoms with E-state index in [9.17, 15) is 5.26 Å². The maximum atomic E-state index is 13.3. The number of hydrogen-bond donors (Lipinski definition) is 0. The predicted octanol–water partition coefficient (Wildman–Crippen LogP) is 23.9. The molecule has 0 saturated carbocycles. The van der Waals surface area contributed by atoms with Gasteiger partial charge in [0.05, 0.1) is 61.2 Å². The van der Waals surface area contributed by atoms with Crippen LogP contribution in [0.3, 0.4) is 0 Å². The van der Waals surface area contributed by atoms with Crippen molar-refractivity contribution in [1.29, 1.82) is 5.26 Å². The second-order valence-corrected chi connectivity index (χ2v) is 25.0. The molecule has 96 heavy (non-hydrogen) atoms. The van der Waals surface area contributed by atoms with E-state index in [4.69, 9.17) is 0 Å². The molecule has 0 amide bonds. The lowest BCUT2D eigenvalue weighted by Gasteiger charge is -2.24. The average Bonchev–Trinajstić information content (AvgIpc) is 1.50. The van der Waals surface area contributed by atoms with Crippen LogP contribution in [-0.4, -0.2) is 18.3 Å². The van der Waals surface area contributed by atoms with E-state index in [1.165, 1.54) is 0 Å². The van der Waals surface area contributed by atoms with E-state index in [1.54, 1.807) is 0 Å². The molecule has 0 radical (unpaired) electrons. The fourth-order valence-corrected chi connectivity index (χ4v) is 15.4. The number of benzene rings is 15. The summed E-state index contributed by atoms with van der Waals surface area (Å²) in [6.45, 7) is 0. The molecule has 0 fully saturated rings. The van der Waals surface area contributed by atoms with Gasteiger partial charge in [-0.1, -0.05) is 255 Å². The van der Waals surface area contributed by atoms with Gasteiger partial charge in [-0.15, -0.1) is 0 Å². The monoisotopic (exact) mass is 1220 g/mol. The molecule has 0 aliphatic rings. The number of fused-ring (bicyclic) bond motifs is 12. The van der Waals surface area contributed by atoms with Crippen molar-refractivity contribution < 1.29 is 0 Å². The van der Waals surface area contributed by atoms with Crippen molar-refractivity contribution >= 4 is 87.2 Å². The molecule has 446 valence electrons. The summed E-state index contributed by atoms with van der Waals surface area (Å²) in [5.74, 6) is 0. The topological polar surface area (TPSA) is 43.5 Å². The van der Waals surface area contributed by atoms with Crippen molar-refractivity contribution in [3.8, 4) is 95.6 Å². The van der Waals surface area contributed by atoms with E-state index < -0.39 is 0 Å². The highest BCUT2D eigenvalue weighted by Gasteiger charge is 2.34. The second-order valence-electron chi connectivity index (χ2n) is 25.0. The molecule has 4 heterocycles. The molecule has 0 spiro atoms. The van der Waals surface area contributed by atoms with E-state index in [-0.39, 0.29) is 0 Å². The minimum Gasteiger partial charge on any atom is -0.307 e. The minimum atomic E-state index is 0.519. The van der Waals surface area contributed by atoms with Crippen LogP contribution in [0.15, 0.2) is 346 Å². The van der Waals surface area contributed by atoms with Crippen molar-refractivity contribution in [3.63, 3.8) is 0 Å². The summed E-state index contributed by atoms with van der Waals surface area (Å²) in [7, 11) is 0. The maximum Gasteiger partial charge on any atom is 0.104 e. The van der Waals surface area contributed by atoms with Crippen LogP contribution in [0, 0.1) is 11.3 Å². The van der Waals surface area contributed by atoms with Crippen LogP contribution in [0.2, 0.25) is 0 Å². The summed E-state index contributed by atoms with van der Waals surface area (Å²) in [5.41, 5.74) is 25.3. The van der Waals surface area contributed by atoms with E-state index >= 15 is 0 Å². The third kappa shape index (κ3) is 8.56. The molecule has 0 saturated heterocycles. The highest BCUT2D eigenvalue weighted by Crippen LogP contribution is 2.52. The van der Waals surface area contributed by atoms with Gasteiger partial charge in [-0.05, 0) is 158 Å². The molecule has 0 aliphatic heterocycles. The summed E-state index contributed by atoms with van der Waals surface area (Å²) >= 11 is 0. The lowest BCUT2D eigenvalue weighted by Crippen LogP contribution is -2.12. The molecule has 0 unspecified atom stereocenters. The van der Waals surface area contributed by atoms with Crippen LogP contribution in [-0.2, 0) is 0 Å². The third-order valence-corrected chi connectivity index (χ3v) is 19.8. The Morgan fingerprint density at radius 2 is 0.448 bits per heavy atom. The van der Waals surface area contributed by atoms with Crippen LogP contribution in [0.5, 0.6) is 0 Å². The molecule has 19 rings (SSSR count). The van der Waals surface area contributed by atoms with Gasteiger partial charge in [0.1, 0.15) is 11.6 Å². The van der Waals surface area contributed by atoms with Gasteiger partial charge in [-0.3, -0.25) is 0 Å². The van der Waals surface area contributed by atoms with Gasteiger partial charge in [0.15, 0.2) is 0 Å². The Hall–Kier alpha value is -13.0. The van der Waals surface area contributed by atoms with Gasteiger partial charge < -0.3 is 18.3 Å². The van der Waals surface area contributed by atoms with Crippen LogP contribution in [0.1, 0.15) is 5.56 Å². The summed E-state index contributed by atoms with van der Waals surface area (Å²) in [6, 6.07) is 128. The smallest absolute Gasteiger partial charge is 0.104 e. The van der Waals surface area contributed by atoms with Crippen molar-refractivity contribution in [3.05, 3.63) is 351 Å². The van der Waals surface area contributed by atoms with Crippen LogP contribution in [0.4, 0.5) is 0 Å². The number of rotatable bonds is 10. The van der Waals surface area contributed by atoms with Crippen LogP contribution in [0.25, 0.3) is 177 Å². The van der Waals surface area contributed by atoms with Gasteiger partial charge in [0.25, 0.3) is 0 Å². The summed E-state index contributed by atoms with van der Waals surface area (Å²) < 4.78 is 9.82. The molecule has 0 bridgehead atoms. The van der Waals surface area contributed by atoms with E-state index in [2.05, 4.69) is 370 Å². The first-order valence-corrected chi connectivity index (χ1v) is 32.8. The zero-order chi connectivity index (χ0) is 63.4. The first kappa shape index (κ1) is 54.7. The predicted molar refractivity (Wildman–Crippen MR) is 401 cm³/mol. The van der Waals surface area contributed by atoms with E-state index in [1.807, 2.05) is 0 Å². The quantitative estimate of drug-likeness (QED) is 0.135. The molecule has 4 aromatic heterocycles. The van der Waals surface area contributed by atoms with Crippen molar-refractivity contribution in [1.82, 2.24) is 18.3 Å². The Bertz CT molecular complexity index is 6040. The lowest BCUT2D eigenvalue weighted by molar-refractivity contribution is 1.07. The normalized spacial score (nSPS) is 11.7. The molecule has 0 N–H and O–H groups in total. The molecule has 5 nitrogen and oxygen atoms in total. The Kier molecular flexibility index (Phi) is 12.6. The molecule has 0 aliphatic carbocycles. The second kappa shape index (κ2) is 22.1. The molecule has 0 atom stereocenters. The van der Waals surface area contributed by atoms with Crippen molar-refractivity contribution in [2.45, 2.75) is 0 Å². The van der Waals surface area contributed by atoms with Crippen LogP contribution < -0.4 is 0 Å². The maximum absolute atomic E-state index is 13.3. The molecule has 15 aromatic carbocycles. The fraction of sp³-hybridized carbons (Fsp3) is 0. The summed E-state index contributed by atoms with van der Waals surface area (Å²) in [4.78, 5) is 0. The molecule has 5 heteroatoms. The minimum absolute atomic E-state index is 0.519. The Labute approximate surface area is 554 Å². The number of nitriles is 1. The SMILES string of the molecule is N#Cc1c(-n2c3ccc(-c4ccccc4)cc3c3cc(-c4ccccc4)ccc32)c(-n2c3ccc(-c4ccccc4)cc3c3cc(-c4ccccc4)ccc32)c2c3ccccc3n(-c3ccccc3)c2c1-n1c2ccc(-c3ccccc3)cc2c2cc(-c3ccccc3)ccc21. The fourth-order valence-electron chi connectivity index (χ4n) is 15.4. The van der Waals surface area contributed by atoms with E-state index in [0.717, 1.165) is 177 Å². The highest BCUT2D eigenvalue weighted by atomic mass is 15.1. The number of nitrogens with zero attached hydrogens (tertiary/aromatic N) is 5. The van der Waals surface area contributed by atoms with Gasteiger partial charge in [0, 0.05) is 48.8 Å². The van der Waals surface area contributed by atoms with Gasteiger partial charge >= 0.3 is 0 Å². The van der Waals surface area contributed by atoms with Gasteiger partial charge in [0.2, 0.25) is 0 Å². The van der Waals surface area contributed by atoms with Crippen LogP contribution >= 0.6 is 0 Å². The first-order chi connectivity index (χ1) is 47.6. The molecular formula is C91H57N5. The molecular weight excluding hydrogens is 1160 g/mol. The Morgan fingerprint density at radius 3 is 0.750 bits per heavy atom. The lowest BCUT2D eigenvalue weighted by atomic mass is 10.00. The average molecular weight is 1220 g/mol. The van der Waals surface area contributed by atoms with Crippen molar-refractivity contribution in [2.24, 2.45) is 0 Å². The molecule has 19 aromatic rings. The van der Waals surface area contributed by atoms with Gasteiger partial charge in [-0.2, -0.15) is 5.26 Å².